The summed E-state index contributed by atoms with van der Waals surface area (Å²) < 4.78 is 0. The van der Waals surface area contributed by atoms with Gasteiger partial charge in [0.2, 0.25) is 5.91 Å². The van der Waals surface area contributed by atoms with Gasteiger partial charge in [-0.3, -0.25) is 4.79 Å². The Labute approximate surface area is 153 Å². The number of likely N-dealkylation sites (tertiary alicyclic amines) is 2. The zero-order valence-electron chi connectivity index (χ0n) is 14.1. The molecule has 1 aliphatic carbocycles. The van der Waals surface area contributed by atoms with Crippen LogP contribution in [-0.4, -0.2) is 54.0 Å². The van der Waals surface area contributed by atoms with E-state index in [0.29, 0.717) is 18.2 Å². The molecule has 4 nitrogen and oxygen atoms in total. The van der Waals surface area contributed by atoms with Gasteiger partial charge in [-0.25, -0.2) is 0 Å². The molecular formula is C17H33Cl2N3O. The second-order valence-corrected chi connectivity index (χ2v) is 7.27. The van der Waals surface area contributed by atoms with Crippen LogP contribution in [0.15, 0.2) is 0 Å². The minimum absolute atomic E-state index is 0. The van der Waals surface area contributed by atoms with Gasteiger partial charge >= 0.3 is 0 Å². The van der Waals surface area contributed by atoms with Gasteiger partial charge in [0, 0.05) is 31.6 Å². The van der Waals surface area contributed by atoms with E-state index in [-0.39, 0.29) is 30.9 Å². The fourth-order valence-corrected chi connectivity index (χ4v) is 4.44. The van der Waals surface area contributed by atoms with Crippen LogP contribution in [0.4, 0.5) is 0 Å². The summed E-state index contributed by atoms with van der Waals surface area (Å²) in [6, 6.07) is 0.989. The number of rotatable bonds is 3. The average Bonchev–Trinajstić information content (AvgIpc) is 2.93. The van der Waals surface area contributed by atoms with Gasteiger partial charge in [0.05, 0.1) is 0 Å². The number of halogens is 2. The molecule has 0 spiro atoms. The van der Waals surface area contributed by atoms with E-state index >= 15 is 0 Å². The molecule has 0 aromatic rings. The molecule has 0 aromatic heterocycles. The summed E-state index contributed by atoms with van der Waals surface area (Å²) in [5.41, 5.74) is 6.10. The SMILES string of the molecule is Cl.Cl.N[C@@H]1CCC[C@H]1CC(=O)N1CCC(N2CCCCC2)CC1. The van der Waals surface area contributed by atoms with E-state index in [2.05, 4.69) is 9.80 Å². The average molecular weight is 366 g/mol. The highest BCUT2D eigenvalue weighted by atomic mass is 35.5. The van der Waals surface area contributed by atoms with Crippen molar-refractivity contribution >= 4 is 30.7 Å². The number of piperidine rings is 2. The first kappa shape index (κ1) is 21.0. The molecule has 136 valence electrons. The smallest absolute Gasteiger partial charge is 0.222 e. The number of nitrogens with two attached hydrogens (primary N) is 1. The highest BCUT2D eigenvalue weighted by Crippen LogP contribution is 2.28. The lowest BCUT2D eigenvalue weighted by Crippen LogP contribution is -2.48. The van der Waals surface area contributed by atoms with Gasteiger partial charge in [-0.2, -0.15) is 0 Å². The summed E-state index contributed by atoms with van der Waals surface area (Å²) in [6.45, 7) is 4.47. The lowest BCUT2D eigenvalue weighted by atomic mass is 9.97. The minimum atomic E-state index is 0. The molecule has 2 saturated heterocycles. The van der Waals surface area contributed by atoms with Crippen LogP contribution < -0.4 is 5.73 Å². The van der Waals surface area contributed by atoms with Crippen molar-refractivity contribution in [2.75, 3.05) is 26.2 Å². The topological polar surface area (TPSA) is 49.6 Å². The van der Waals surface area contributed by atoms with Crippen molar-refractivity contribution in [3.8, 4) is 0 Å². The lowest BCUT2D eigenvalue weighted by molar-refractivity contribution is -0.133. The van der Waals surface area contributed by atoms with Crippen LogP contribution in [0.1, 0.15) is 57.8 Å². The molecule has 6 heteroatoms. The molecule has 0 bridgehead atoms. The van der Waals surface area contributed by atoms with Crippen LogP contribution in [0.2, 0.25) is 0 Å². The van der Waals surface area contributed by atoms with E-state index in [4.69, 9.17) is 5.73 Å². The summed E-state index contributed by atoms with van der Waals surface area (Å²) in [7, 11) is 0. The Morgan fingerprint density at radius 1 is 0.870 bits per heavy atom. The Bertz CT molecular complexity index is 356. The molecule has 2 atom stereocenters. The fraction of sp³-hybridized carbons (Fsp3) is 0.941. The van der Waals surface area contributed by atoms with E-state index in [0.717, 1.165) is 32.0 Å². The second-order valence-electron chi connectivity index (χ2n) is 7.27. The molecule has 0 unspecified atom stereocenters. The van der Waals surface area contributed by atoms with E-state index in [9.17, 15) is 4.79 Å². The van der Waals surface area contributed by atoms with Crippen LogP contribution >= 0.6 is 24.8 Å². The van der Waals surface area contributed by atoms with Crippen LogP contribution in [0.5, 0.6) is 0 Å². The Morgan fingerprint density at radius 3 is 2.09 bits per heavy atom. The molecule has 2 heterocycles. The van der Waals surface area contributed by atoms with Crippen LogP contribution in [0.3, 0.4) is 0 Å². The third kappa shape index (κ3) is 5.48. The molecule has 1 saturated carbocycles. The first-order valence-corrected chi connectivity index (χ1v) is 9.01. The predicted molar refractivity (Wildman–Crippen MR) is 99.5 cm³/mol. The number of carbonyl (C=O) groups is 1. The van der Waals surface area contributed by atoms with E-state index < -0.39 is 0 Å². The first-order chi connectivity index (χ1) is 10.2. The normalized spacial score (nSPS) is 29.7. The number of hydrogen-bond acceptors (Lipinski definition) is 3. The molecule has 2 N–H and O–H groups in total. The molecule has 3 fully saturated rings. The van der Waals surface area contributed by atoms with Crippen molar-refractivity contribution in [2.45, 2.75) is 69.9 Å². The largest absolute Gasteiger partial charge is 0.343 e. The molecule has 1 amide bonds. The Kier molecular flexibility index (Phi) is 9.20. The Balaban J connectivity index is 0.00000132. The van der Waals surface area contributed by atoms with E-state index in [1.54, 1.807) is 0 Å². The fourth-order valence-electron chi connectivity index (χ4n) is 4.44. The third-order valence-electron chi connectivity index (χ3n) is 5.88. The number of hydrogen-bond donors (Lipinski definition) is 1. The lowest BCUT2D eigenvalue weighted by Gasteiger charge is -2.40. The van der Waals surface area contributed by atoms with Crippen LogP contribution in [0.25, 0.3) is 0 Å². The third-order valence-corrected chi connectivity index (χ3v) is 5.88. The Morgan fingerprint density at radius 2 is 1.52 bits per heavy atom. The molecule has 0 radical (unpaired) electrons. The number of carbonyl (C=O) groups excluding carboxylic acids is 1. The monoisotopic (exact) mass is 365 g/mol. The maximum atomic E-state index is 12.4. The summed E-state index contributed by atoms with van der Waals surface area (Å²) >= 11 is 0. The molecule has 3 aliphatic rings. The first-order valence-electron chi connectivity index (χ1n) is 9.01. The van der Waals surface area contributed by atoms with Crippen molar-refractivity contribution in [3.05, 3.63) is 0 Å². The van der Waals surface area contributed by atoms with Crippen molar-refractivity contribution in [1.29, 1.82) is 0 Å². The molecule has 3 rings (SSSR count). The van der Waals surface area contributed by atoms with Crippen molar-refractivity contribution < 1.29 is 4.79 Å². The van der Waals surface area contributed by atoms with Crippen LogP contribution in [0, 0.1) is 5.92 Å². The van der Waals surface area contributed by atoms with Crippen LogP contribution in [-0.2, 0) is 4.79 Å². The van der Waals surface area contributed by atoms with Crippen molar-refractivity contribution in [2.24, 2.45) is 11.7 Å². The van der Waals surface area contributed by atoms with E-state index in [1.165, 1.54) is 51.6 Å². The summed E-state index contributed by atoms with van der Waals surface area (Å²) in [5.74, 6) is 0.798. The van der Waals surface area contributed by atoms with Gasteiger partial charge in [-0.1, -0.05) is 12.8 Å². The van der Waals surface area contributed by atoms with Crippen molar-refractivity contribution in [3.63, 3.8) is 0 Å². The molecular weight excluding hydrogens is 333 g/mol. The number of amides is 1. The summed E-state index contributed by atoms with van der Waals surface area (Å²) in [4.78, 5) is 17.2. The minimum Gasteiger partial charge on any atom is -0.343 e. The molecule has 2 aliphatic heterocycles. The van der Waals surface area contributed by atoms with Gasteiger partial charge in [-0.15, -0.1) is 24.8 Å². The summed E-state index contributed by atoms with van der Waals surface area (Å²) in [5, 5.41) is 0. The quantitative estimate of drug-likeness (QED) is 0.836. The predicted octanol–water partition coefficient (Wildman–Crippen LogP) is 2.82. The highest BCUT2D eigenvalue weighted by Gasteiger charge is 2.31. The van der Waals surface area contributed by atoms with Gasteiger partial charge in [0.15, 0.2) is 0 Å². The maximum absolute atomic E-state index is 12.4. The number of nitrogens with zero attached hydrogens (tertiary/aromatic N) is 2. The zero-order chi connectivity index (χ0) is 14.7. The van der Waals surface area contributed by atoms with Gasteiger partial charge in [0.25, 0.3) is 0 Å². The zero-order valence-corrected chi connectivity index (χ0v) is 15.8. The van der Waals surface area contributed by atoms with Crippen molar-refractivity contribution in [1.82, 2.24) is 9.80 Å². The molecule has 23 heavy (non-hydrogen) atoms. The summed E-state index contributed by atoms with van der Waals surface area (Å²) in [6.07, 6.45) is 10.6. The second kappa shape index (κ2) is 10.1. The van der Waals surface area contributed by atoms with Gasteiger partial charge < -0.3 is 15.5 Å². The van der Waals surface area contributed by atoms with E-state index in [1.807, 2.05) is 0 Å². The van der Waals surface area contributed by atoms with Gasteiger partial charge in [-0.05, 0) is 57.5 Å². The van der Waals surface area contributed by atoms with Gasteiger partial charge in [0.1, 0.15) is 0 Å². The molecule has 0 aromatic carbocycles. The standard InChI is InChI=1S/C17H31N3O.2ClH/c18-16-6-4-5-14(16)13-17(21)20-11-7-15(8-12-20)19-9-2-1-3-10-19;;/h14-16H,1-13,18H2;2*1H/t14-,16+;;/m0../s1. The maximum Gasteiger partial charge on any atom is 0.222 e. The Hall–Kier alpha value is -0.0300. The highest BCUT2D eigenvalue weighted by molar-refractivity contribution is 5.85.